The minimum Gasteiger partial charge on any atom is -0.299 e. The van der Waals surface area contributed by atoms with Crippen LogP contribution in [0.25, 0.3) is 0 Å². The van der Waals surface area contributed by atoms with Crippen molar-refractivity contribution in [2.75, 3.05) is 13.1 Å². The molecule has 2 N–H and O–H groups in total. The SMILES string of the molecule is CC(C)NS(=O)(=O)NC(C)C1CCN(Cc2ccccc2)C1. The van der Waals surface area contributed by atoms with Crippen LogP contribution in [0.1, 0.15) is 32.8 Å². The fraction of sp³-hybridized carbons (Fsp3) is 0.625. The highest BCUT2D eigenvalue weighted by Crippen LogP contribution is 2.21. The molecule has 1 aliphatic rings. The van der Waals surface area contributed by atoms with Crippen LogP contribution < -0.4 is 9.44 Å². The van der Waals surface area contributed by atoms with Crippen molar-refractivity contribution in [1.29, 1.82) is 0 Å². The Hall–Kier alpha value is -0.950. The highest BCUT2D eigenvalue weighted by Gasteiger charge is 2.29. The van der Waals surface area contributed by atoms with E-state index in [2.05, 4.69) is 38.6 Å². The lowest BCUT2D eigenvalue weighted by atomic mass is 10.0. The molecule has 5 nitrogen and oxygen atoms in total. The van der Waals surface area contributed by atoms with Crippen molar-refractivity contribution in [1.82, 2.24) is 14.3 Å². The minimum absolute atomic E-state index is 0.0583. The van der Waals surface area contributed by atoms with Gasteiger partial charge >= 0.3 is 0 Å². The molecule has 0 spiro atoms. The van der Waals surface area contributed by atoms with Crippen LogP contribution in [0.4, 0.5) is 0 Å². The summed E-state index contributed by atoms with van der Waals surface area (Å²) in [7, 11) is -3.41. The number of hydrogen-bond donors (Lipinski definition) is 2. The molecule has 2 atom stereocenters. The van der Waals surface area contributed by atoms with Gasteiger partial charge in [-0.1, -0.05) is 30.3 Å². The largest absolute Gasteiger partial charge is 0.299 e. The van der Waals surface area contributed by atoms with Crippen molar-refractivity contribution in [3.05, 3.63) is 35.9 Å². The summed E-state index contributed by atoms with van der Waals surface area (Å²) in [6.07, 6.45) is 1.03. The number of nitrogens with one attached hydrogen (secondary N) is 2. The molecule has 0 aliphatic carbocycles. The van der Waals surface area contributed by atoms with Gasteiger partial charge in [-0.2, -0.15) is 17.9 Å². The fourth-order valence-corrected chi connectivity index (χ4v) is 4.31. The Morgan fingerprint density at radius 2 is 1.86 bits per heavy atom. The zero-order chi connectivity index (χ0) is 16.2. The summed E-state index contributed by atoms with van der Waals surface area (Å²) in [4.78, 5) is 2.39. The van der Waals surface area contributed by atoms with E-state index in [9.17, 15) is 8.42 Å². The van der Waals surface area contributed by atoms with Gasteiger partial charge in [0.05, 0.1) is 0 Å². The normalized spacial score (nSPS) is 21.4. The van der Waals surface area contributed by atoms with Gasteiger partial charge in [-0.15, -0.1) is 0 Å². The van der Waals surface area contributed by atoms with Crippen LogP contribution in [-0.4, -0.2) is 38.5 Å². The Bertz CT molecular complexity index is 560. The topological polar surface area (TPSA) is 61.4 Å². The Labute approximate surface area is 134 Å². The molecular formula is C16H27N3O2S. The van der Waals surface area contributed by atoms with Gasteiger partial charge in [0, 0.05) is 25.2 Å². The van der Waals surface area contributed by atoms with Crippen molar-refractivity contribution < 1.29 is 8.42 Å². The maximum Gasteiger partial charge on any atom is 0.277 e. The number of nitrogens with zero attached hydrogens (tertiary/aromatic N) is 1. The first-order valence-electron chi connectivity index (χ1n) is 7.91. The first-order chi connectivity index (χ1) is 10.4. The van der Waals surface area contributed by atoms with E-state index in [1.807, 2.05) is 26.8 Å². The van der Waals surface area contributed by atoms with Crippen LogP contribution in [0.15, 0.2) is 30.3 Å². The van der Waals surface area contributed by atoms with Gasteiger partial charge in [0.1, 0.15) is 0 Å². The van der Waals surface area contributed by atoms with E-state index in [1.54, 1.807) is 0 Å². The highest BCUT2D eigenvalue weighted by atomic mass is 32.2. The Balaban J connectivity index is 1.84. The Morgan fingerprint density at radius 1 is 1.18 bits per heavy atom. The van der Waals surface area contributed by atoms with Gasteiger partial charge in [0.25, 0.3) is 10.2 Å². The van der Waals surface area contributed by atoms with Crippen molar-refractivity contribution in [3.8, 4) is 0 Å². The molecule has 124 valence electrons. The van der Waals surface area contributed by atoms with E-state index in [-0.39, 0.29) is 12.1 Å². The van der Waals surface area contributed by atoms with E-state index in [4.69, 9.17) is 0 Å². The predicted molar refractivity (Wildman–Crippen MR) is 89.6 cm³/mol. The number of benzene rings is 1. The summed E-state index contributed by atoms with van der Waals surface area (Å²) in [5, 5.41) is 0. The zero-order valence-electron chi connectivity index (χ0n) is 13.6. The molecule has 1 aromatic carbocycles. The van der Waals surface area contributed by atoms with Crippen LogP contribution in [-0.2, 0) is 16.8 Å². The van der Waals surface area contributed by atoms with Crippen LogP contribution >= 0.6 is 0 Å². The van der Waals surface area contributed by atoms with Gasteiger partial charge in [0.15, 0.2) is 0 Å². The van der Waals surface area contributed by atoms with E-state index in [0.717, 1.165) is 26.1 Å². The molecule has 2 rings (SSSR count). The van der Waals surface area contributed by atoms with Gasteiger partial charge in [-0.05, 0) is 45.2 Å². The first-order valence-corrected chi connectivity index (χ1v) is 9.40. The van der Waals surface area contributed by atoms with E-state index >= 15 is 0 Å². The van der Waals surface area contributed by atoms with Crippen LogP contribution in [0.5, 0.6) is 0 Å². The summed E-state index contributed by atoms with van der Waals surface area (Å²) in [6.45, 7) is 8.48. The summed E-state index contributed by atoms with van der Waals surface area (Å²) in [5.41, 5.74) is 1.30. The average Bonchev–Trinajstić information content (AvgIpc) is 2.86. The summed E-state index contributed by atoms with van der Waals surface area (Å²) in [6, 6.07) is 10.2. The fourth-order valence-electron chi connectivity index (χ4n) is 2.94. The minimum atomic E-state index is -3.41. The lowest BCUT2D eigenvalue weighted by molar-refractivity contribution is 0.304. The molecule has 1 heterocycles. The van der Waals surface area contributed by atoms with Gasteiger partial charge in [-0.25, -0.2) is 0 Å². The molecule has 0 bridgehead atoms. The van der Waals surface area contributed by atoms with Gasteiger partial charge < -0.3 is 0 Å². The second-order valence-electron chi connectivity index (χ2n) is 6.45. The summed E-state index contributed by atoms with van der Waals surface area (Å²) in [5.74, 6) is 0.354. The predicted octanol–water partition coefficient (Wildman–Crippen LogP) is 1.73. The lowest BCUT2D eigenvalue weighted by Gasteiger charge is -2.22. The lowest BCUT2D eigenvalue weighted by Crippen LogP contribution is -2.47. The number of likely N-dealkylation sites (tertiary alicyclic amines) is 1. The molecule has 1 fully saturated rings. The van der Waals surface area contributed by atoms with Gasteiger partial charge in [-0.3, -0.25) is 4.90 Å². The van der Waals surface area contributed by atoms with Crippen molar-refractivity contribution in [3.63, 3.8) is 0 Å². The monoisotopic (exact) mass is 325 g/mol. The molecule has 0 saturated carbocycles. The summed E-state index contributed by atoms with van der Waals surface area (Å²) < 4.78 is 29.2. The van der Waals surface area contributed by atoms with E-state index in [0.29, 0.717) is 5.92 Å². The number of hydrogen-bond acceptors (Lipinski definition) is 3. The zero-order valence-corrected chi connectivity index (χ0v) is 14.4. The molecular weight excluding hydrogens is 298 g/mol. The average molecular weight is 325 g/mol. The van der Waals surface area contributed by atoms with Crippen molar-refractivity contribution >= 4 is 10.2 Å². The van der Waals surface area contributed by atoms with Crippen LogP contribution in [0.3, 0.4) is 0 Å². The molecule has 0 aromatic heterocycles. The molecule has 2 unspecified atom stereocenters. The molecule has 6 heteroatoms. The smallest absolute Gasteiger partial charge is 0.277 e. The summed E-state index contributed by atoms with van der Waals surface area (Å²) >= 11 is 0. The molecule has 0 amide bonds. The Kier molecular flexibility index (Phi) is 5.97. The number of rotatable bonds is 7. The van der Waals surface area contributed by atoms with Crippen molar-refractivity contribution in [2.45, 2.75) is 45.8 Å². The van der Waals surface area contributed by atoms with Gasteiger partial charge in [0.2, 0.25) is 0 Å². The molecule has 1 aromatic rings. The van der Waals surface area contributed by atoms with Crippen molar-refractivity contribution in [2.24, 2.45) is 5.92 Å². The first kappa shape index (κ1) is 17.4. The maximum atomic E-state index is 11.9. The second-order valence-corrected chi connectivity index (χ2v) is 7.93. The molecule has 1 aliphatic heterocycles. The molecule has 1 saturated heterocycles. The van der Waals surface area contributed by atoms with E-state index in [1.165, 1.54) is 5.56 Å². The highest BCUT2D eigenvalue weighted by molar-refractivity contribution is 7.87. The van der Waals surface area contributed by atoms with Crippen LogP contribution in [0, 0.1) is 5.92 Å². The van der Waals surface area contributed by atoms with Crippen LogP contribution in [0.2, 0.25) is 0 Å². The third kappa shape index (κ3) is 5.35. The standard InChI is InChI=1S/C16H27N3O2S/c1-13(2)17-22(20,21)18-14(3)16-9-10-19(12-16)11-15-7-5-4-6-8-15/h4-8,13-14,16-18H,9-12H2,1-3H3. The third-order valence-corrected chi connectivity index (χ3v) is 5.46. The third-order valence-electron chi connectivity index (χ3n) is 4.00. The second kappa shape index (κ2) is 7.55. The Morgan fingerprint density at radius 3 is 2.50 bits per heavy atom. The molecule has 0 radical (unpaired) electrons. The van der Waals surface area contributed by atoms with E-state index < -0.39 is 10.2 Å². The maximum absolute atomic E-state index is 11.9. The quantitative estimate of drug-likeness (QED) is 0.802. The molecule has 22 heavy (non-hydrogen) atoms.